The van der Waals surface area contributed by atoms with E-state index < -0.39 is 0 Å². The SMILES string of the molecule is Cc1cccn2cc(COc3ccc(C(=O)NCCc4ccccc4)cc3)nc12. The van der Waals surface area contributed by atoms with E-state index >= 15 is 0 Å². The molecule has 1 amide bonds. The predicted octanol–water partition coefficient (Wildman–Crippen LogP) is 4.19. The van der Waals surface area contributed by atoms with Crippen LogP contribution in [0.1, 0.15) is 27.2 Å². The molecule has 5 nitrogen and oxygen atoms in total. The van der Waals surface area contributed by atoms with Gasteiger partial charge in [-0.25, -0.2) is 4.98 Å². The maximum absolute atomic E-state index is 12.3. The number of ether oxygens (including phenoxy) is 1. The van der Waals surface area contributed by atoms with Crippen LogP contribution in [0.5, 0.6) is 5.75 Å². The highest BCUT2D eigenvalue weighted by Gasteiger charge is 2.07. The first kappa shape index (κ1) is 18.7. The second-order valence-corrected chi connectivity index (χ2v) is 6.96. The van der Waals surface area contributed by atoms with Gasteiger partial charge in [-0.1, -0.05) is 36.4 Å². The lowest BCUT2D eigenvalue weighted by Crippen LogP contribution is -2.25. The minimum Gasteiger partial charge on any atom is -0.487 e. The second kappa shape index (κ2) is 8.61. The van der Waals surface area contributed by atoms with E-state index in [4.69, 9.17) is 4.74 Å². The molecule has 0 aliphatic rings. The molecular weight excluding hydrogens is 362 g/mol. The molecule has 0 aliphatic heterocycles. The Morgan fingerprint density at radius 1 is 1.03 bits per heavy atom. The molecule has 0 bridgehead atoms. The third kappa shape index (κ3) is 4.63. The zero-order valence-corrected chi connectivity index (χ0v) is 16.3. The Morgan fingerprint density at radius 2 is 1.83 bits per heavy atom. The molecule has 0 atom stereocenters. The maximum atomic E-state index is 12.3. The molecule has 0 saturated carbocycles. The Labute approximate surface area is 170 Å². The molecule has 4 aromatic rings. The van der Waals surface area contributed by atoms with E-state index in [1.807, 2.05) is 66.2 Å². The van der Waals surface area contributed by atoms with Gasteiger partial charge in [-0.2, -0.15) is 0 Å². The molecular formula is C24H23N3O2. The summed E-state index contributed by atoms with van der Waals surface area (Å²) < 4.78 is 7.82. The van der Waals surface area contributed by atoms with Crippen molar-refractivity contribution in [1.82, 2.24) is 14.7 Å². The van der Waals surface area contributed by atoms with Crippen LogP contribution in [-0.2, 0) is 13.0 Å². The first-order valence-electron chi connectivity index (χ1n) is 9.67. The number of imidazole rings is 1. The molecule has 2 heterocycles. The molecule has 0 fully saturated rings. The summed E-state index contributed by atoms with van der Waals surface area (Å²) in [7, 11) is 0. The maximum Gasteiger partial charge on any atom is 0.251 e. The van der Waals surface area contributed by atoms with Crippen LogP contribution in [-0.4, -0.2) is 21.8 Å². The van der Waals surface area contributed by atoms with E-state index in [2.05, 4.69) is 22.4 Å². The lowest BCUT2D eigenvalue weighted by molar-refractivity contribution is 0.0954. The quantitative estimate of drug-likeness (QED) is 0.519. The van der Waals surface area contributed by atoms with Crippen molar-refractivity contribution in [3.8, 4) is 5.75 Å². The van der Waals surface area contributed by atoms with Crippen LogP contribution in [0.3, 0.4) is 0 Å². The van der Waals surface area contributed by atoms with Crippen molar-refractivity contribution in [2.45, 2.75) is 20.0 Å². The van der Waals surface area contributed by atoms with Crippen LogP contribution in [0.2, 0.25) is 0 Å². The highest BCUT2D eigenvalue weighted by molar-refractivity contribution is 5.94. The van der Waals surface area contributed by atoms with Gasteiger partial charge in [0, 0.05) is 24.5 Å². The number of carbonyl (C=O) groups is 1. The Balaban J connectivity index is 1.30. The van der Waals surface area contributed by atoms with Crippen molar-refractivity contribution in [2.75, 3.05) is 6.54 Å². The van der Waals surface area contributed by atoms with E-state index in [0.29, 0.717) is 24.5 Å². The number of hydrogen-bond donors (Lipinski definition) is 1. The number of nitrogens with zero attached hydrogens (tertiary/aromatic N) is 2. The van der Waals surface area contributed by atoms with E-state index in [9.17, 15) is 4.79 Å². The van der Waals surface area contributed by atoms with Crippen molar-refractivity contribution in [2.24, 2.45) is 0 Å². The molecule has 0 radical (unpaired) electrons. The largest absolute Gasteiger partial charge is 0.487 e. The molecule has 29 heavy (non-hydrogen) atoms. The molecule has 0 aliphatic carbocycles. The summed E-state index contributed by atoms with van der Waals surface area (Å²) in [6, 6.07) is 21.3. The third-order valence-electron chi connectivity index (χ3n) is 4.77. The zero-order valence-electron chi connectivity index (χ0n) is 16.3. The fourth-order valence-electron chi connectivity index (χ4n) is 3.20. The van der Waals surface area contributed by atoms with Gasteiger partial charge >= 0.3 is 0 Å². The lowest BCUT2D eigenvalue weighted by atomic mass is 10.1. The van der Waals surface area contributed by atoms with Crippen molar-refractivity contribution in [3.63, 3.8) is 0 Å². The number of benzene rings is 2. The Hall–Kier alpha value is -3.60. The molecule has 0 spiro atoms. The summed E-state index contributed by atoms with van der Waals surface area (Å²) in [5.41, 5.74) is 4.75. The molecule has 146 valence electrons. The van der Waals surface area contributed by atoms with Gasteiger partial charge in [0.1, 0.15) is 18.0 Å². The van der Waals surface area contributed by atoms with E-state index in [1.54, 1.807) is 12.1 Å². The number of fused-ring (bicyclic) bond motifs is 1. The summed E-state index contributed by atoms with van der Waals surface area (Å²) in [6.07, 6.45) is 4.76. The van der Waals surface area contributed by atoms with Gasteiger partial charge in [0.15, 0.2) is 0 Å². The summed E-state index contributed by atoms with van der Waals surface area (Å²) >= 11 is 0. The van der Waals surface area contributed by atoms with Crippen LogP contribution in [0.4, 0.5) is 0 Å². The average molecular weight is 385 g/mol. The third-order valence-corrected chi connectivity index (χ3v) is 4.77. The van der Waals surface area contributed by atoms with Crippen molar-refractivity contribution in [3.05, 3.63) is 102 Å². The summed E-state index contributed by atoms with van der Waals surface area (Å²) in [5.74, 6) is 0.628. The number of amides is 1. The monoisotopic (exact) mass is 385 g/mol. The number of pyridine rings is 1. The lowest BCUT2D eigenvalue weighted by Gasteiger charge is -2.07. The first-order valence-corrected chi connectivity index (χ1v) is 9.67. The van der Waals surface area contributed by atoms with E-state index in [0.717, 1.165) is 23.3 Å². The van der Waals surface area contributed by atoms with Gasteiger partial charge in [-0.15, -0.1) is 0 Å². The molecule has 4 rings (SSSR count). The molecule has 0 saturated heterocycles. The predicted molar refractivity (Wildman–Crippen MR) is 113 cm³/mol. The van der Waals surface area contributed by atoms with Crippen LogP contribution in [0.25, 0.3) is 5.65 Å². The van der Waals surface area contributed by atoms with Crippen LogP contribution in [0, 0.1) is 6.92 Å². The zero-order chi connectivity index (χ0) is 20.1. The van der Waals surface area contributed by atoms with Gasteiger partial charge in [0.25, 0.3) is 5.91 Å². The second-order valence-electron chi connectivity index (χ2n) is 6.96. The molecule has 0 unspecified atom stereocenters. The van der Waals surface area contributed by atoms with Gasteiger partial charge in [0.05, 0.1) is 5.69 Å². The van der Waals surface area contributed by atoms with E-state index in [1.165, 1.54) is 5.56 Å². The van der Waals surface area contributed by atoms with Gasteiger partial charge in [0.2, 0.25) is 0 Å². The van der Waals surface area contributed by atoms with Crippen LogP contribution >= 0.6 is 0 Å². The summed E-state index contributed by atoms with van der Waals surface area (Å²) in [4.78, 5) is 16.9. The number of hydrogen-bond acceptors (Lipinski definition) is 3. The normalized spacial score (nSPS) is 10.8. The average Bonchev–Trinajstić information content (AvgIpc) is 3.18. The minimum atomic E-state index is -0.0803. The molecule has 2 aromatic carbocycles. The minimum absolute atomic E-state index is 0.0803. The van der Waals surface area contributed by atoms with Gasteiger partial charge in [-0.05, 0) is 54.8 Å². The van der Waals surface area contributed by atoms with Crippen LogP contribution < -0.4 is 10.1 Å². The highest BCUT2D eigenvalue weighted by atomic mass is 16.5. The number of aryl methyl sites for hydroxylation is 1. The smallest absolute Gasteiger partial charge is 0.251 e. The Bertz CT molecular complexity index is 1100. The Kier molecular flexibility index (Phi) is 5.56. The highest BCUT2D eigenvalue weighted by Crippen LogP contribution is 2.15. The summed E-state index contributed by atoms with van der Waals surface area (Å²) in [6.45, 7) is 3.02. The van der Waals surface area contributed by atoms with Crippen LogP contribution in [0.15, 0.2) is 79.1 Å². The summed E-state index contributed by atoms with van der Waals surface area (Å²) in [5, 5.41) is 2.95. The van der Waals surface area contributed by atoms with Crippen molar-refractivity contribution >= 4 is 11.6 Å². The fourth-order valence-corrected chi connectivity index (χ4v) is 3.20. The number of carbonyl (C=O) groups excluding carboxylic acids is 1. The fraction of sp³-hybridized carbons (Fsp3) is 0.167. The van der Waals surface area contributed by atoms with Gasteiger partial charge < -0.3 is 14.5 Å². The Morgan fingerprint density at radius 3 is 2.59 bits per heavy atom. The number of nitrogens with one attached hydrogen (secondary N) is 1. The van der Waals surface area contributed by atoms with Crippen molar-refractivity contribution < 1.29 is 9.53 Å². The number of aromatic nitrogens is 2. The van der Waals surface area contributed by atoms with E-state index in [-0.39, 0.29) is 5.91 Å². The molecule has 1 N–H and O–H groups in total. The first-order chi connectivity index (χ1) is 14.2. The van der Waals surface area contributed by atoms with Crippen molar-refractivity contribution in [1.29, 1.82) is 0 Å². The molecule has 2 aromatic heterocycles. The molecule has 5 heteroatoms. The number of rotatable bonds is 7. The topological polar surface area (TPSA) is 55.6 Å². The van der Waals surface area contributed by atoms with Gasteiger partial charge in [-0.3, -0.25) is 4.79 Å². The standard InChI is InChI=1S/C24H23N3O2/c1-18-6-5-15-27-16-21(26-23(18)27)17-29-22-11-9-20(10-12-22)24(28)25-14-13-19-7-3-2-4-8-19/h2-12,15-16H,13-14,17H2,1H3,(H,25,28).